The van der Waals surface area contributed by atoms with E-state index in [9.17, 15) is 9.18 Å². The zero-order valence-corrected chi connectivity index (χ0v) is 19.8. The highest BCUT2D eigenvalue weighted by Crippen LogP contribution is 2.25. The predicted molar refractivity (Wildman–Crippen MR) is 124 cm³/mol. The van der Waals surface area contributed by atoms with Gasteiger partial charge in [-0.3, -0.25) is 9.79 Å². The molecule has 1 amide bonds. The molecule has 1 aromatic rings. The molecule has 0 unspecified atom stereocenters. The minimum atomic E-state index is -0.250. The van der Waals surface area contributed by atoms with Gasteiger partial charge in [0.2, 0.25) is 5.91 Å². The van der Waals surface area contributed by atoms with E-state index in [1.807, 2.05) is 6.07 Å². The molecule has 2 N–H and O–H groups in total. The molecule has 0 spiro atoms. The van der Waals surface area contributed by atoms with Crippen LogP contribution in [0.3, 0.4) is 0 Å². The van der Waals surface area contributed by atoms with E-state index in [1.54, 1.807) is 19.2 Å². The van der Waals surface area contributed by atoms with E-state index in [0.717, 1.165) is 44.0 Å². The van der Waals surface area contributed by atoms with Crippen LogP contribution in [0.2, 0.25) is 0 Å². The molecule has 0 aromatic heterocycles. The van der Waals surface area contributed by atoms with E-state index in [4.69, 9.17) is 4.99 Å². The fraction of sp³-hybridized carbons (Fsp3) is 0.619. The summed E-state index contributed by atoms with van der Waals surface area (Å²) in [7, 11) is 1.69. The highest BCUT2D eigenvalue weighted by Gasteiger charge is 2.25. The number of amides is 1. The average Bonchev–Trinajstić information content (AvgIpc) is 2.66. The Bertz CT molecular complexity index is 658. The summed E-state index contributed by atoms with van der Waals surface area (Å²) in [5, 5.41) is 6.08. The molecule has 1 aromatic carbocycles. The average molecular weight is 504 g/mol. The van der Waals surface area contributed by atoms with Crippen LogP contribution in [0.15, 0.2) is 29.3 Å². The number of benzene rings is 1. The van der Waals surface area contributed by atoms with E-state index >= 15 is 0 Å². The van der Waals surface area contributed by atoms with Gasteiger partial charge >= 0.3 is 0 Å². The Morgan fingerprint density at radius 2 is 2.00 bits per heavy atom. The fourth-order valence-electron chi connectivity index (χ4n) is 3.41. The maximum atomic E-state index is 13.6. The Labute approximate surface area is 185 Å². The first-order valence-electron chi connectivity index (χ1n) is 9.85. The third-order valence-electron chi connectivity index (χ3n) is 5.23. The van der Waals surface area contributed by atoms with Crippen molar-refractivity contribution in [2.45, 2.75) is 45.4 Å². The van der Waals surface area contributed by atoms with Crippen LogP contribution < -0.4 is 10.6 Å². The van der Waals surface area contributed by atoms with Gasteiger partial charge in [0.05, 0.1) is 6.54 Å². The monoisotopic (exact) mass is 504 g/mol. The van der Waals surface area contributed by atoms with Crippen LogP contribution in [0.25, 0.3) is 0 Å². The second kappa shape index (κ2) is 11.6. The Kier molecular flexibility index (Phi) is 10.2. The number of nitrogens with one attached hydrogen (secondary N) is 2. The zero-order valence-electron chi connectivity index (χ0n) is 17.4. The molecule has 2 rings (SSSR count). The van der Waals surface area contributed by atoms with E-state index < -0.39 is 0 Å². The molecule has 1 aliphatic rings. The number of aliphatic imine (C=N–C) groups is 1. The lowest BCUT2D eigenvalue weighted by Crippen LogP contribution is -2.46. The number of halogens is 2. The third-order valence-corrected chi connectivity index (χ3v) is 5.23. The number of hydrogen-bond acceptors (Lipinski definition) is 2. The summed E-state index contributed by atoms with van der Waals surface area (Å²) in [5.74, 6) is 1.24. The van der Waals surface area contributed by atoms with Crippen molar-refractivity contribution in [3.8, 4) is 0 Å². The molecule has 28 heavy (non-hydrogen) atoms. The molecule has 0 atom stereocenters. The number of carbonyl (C=O) groups is 1. The van der Waals surface area contributed by atoms with Crippen LogP contribution in [-0.4, -0.2) is 50.0 Å². The summed E-state index contributed by atoms with van der Waals surface area (Å²) in [6.07, 6.45) is 2.58. The number of hydrogen-bond donors (Lipinski definition) is 2. The van der Waals surface area contributed by atoms with Gasteiger partial charge in [-0.05, 0) is 43.4 Å². The first-order chi connectivity index (χ1) is 12.9. The Balaban J connectivity index is 0.00000392. The van der Waals surface area contributed by atoms with Crippen molar-refractivity contribution < 1.29 is 9.18 Å². The molecule has 0 saturated carbocycles. The number of piperidine rings is 1. The van der Waals surface area contributed by atoms with E-state index in [1.165, 1.54) is 6.07 Å². The van der Waals surface area contributed by atoms with Crippen LogP contribution in [-0.2, 0) is 10.2 Å². The molecular formula is C21H34FIN4O. The second-order valence-corrected chi connectivity index (χ2v) is 7.87. The summed E-state index contributed by atoms with van der Waals surface area (Å²) in [5.41, 5.74) is 0.701. The number of nitrogens with zero attached hydrogens (tertiary/aromatic N) is 2. The number of guanidine groups is 1. The molecule has 1 heterocycles. The van der Waals surface area contributed by atoms with Crippen molar-refractivity contribution in [1.82, 2.24) is 15.5 Å². The third kappa shape index (κ3) is 7.22. The lowest BCUT2D eigenvalue weighted by molar-refractivity contribution is -0.121. The van der Waals surface area contributed by atoms with Gasteiger partial charge in [-0.25, -0.2) is 4.39 Å². The summed E-state index contributed by atoms with van der Waals surface area (Å²) < 4.78 is 13.6. The van der Waals surface area contributed by atoms with Crippen LogP contribution >= 0.6 is 24.0 Å². The second-order valence-electron chi connectivity index (χ2n) is 7.87. The minimum Gasteiger partial charge on any atom is -0.359 e. The van der Waals surface area contributed by atoms with Crippen molar-refractivity contribution in [2.24, 2.45) is 10.9 Å². The fourth-order valence-corrected chi connectivity index (χ4v) is 3.41. The van der Waals surface area contributed by atoms with Crippen LogP contribution in [0.5, 0.6) is 0 Å². The summed E-state index contributed by atoms with van der Waals surface area (Å²) in [6, 6.07) is 6.76. The van der Waals surface area contributed by atoms with Crippen LogP contribution in [0, 0.1) is 11.7 Å². The standard InChI is InChI=1S/C21H33FN4O.HI/c1-5-24-20(26-11-9-16(10-12-26)13-19(27)23-4)25-15-21(2,3)17-7-6-8-18(22)14-17;/h6-8,14,16H,5,9-13,15H2,1-4H3,(H,23,27)(H,24,25);1H. The topological polar surface area (TPSA) is 56.7 Å². The van der Waals surface area contributed by atoms with Crippen molar-refractivity contribution in [2.75, 3.05) is 33.2 Å². The predicted octanol–water partition coefficient (Wildman–Crippen LogP) is 3.53. The van der Waals surface area contributed by atoms with Gasteiger partial charge in [0.1, 0.15) is 5.82 Å². The first-order valence-corrected chi connectivity index (χ1v) is 9.85. The molecular weight excluding hydrogens is 470 g/mol. The maximum absolute atomic E-state index is 13.6. The Morgan fingerprint density at radius 3 is 2.57 bits per heavy atom. The maximum Gasteiger partial charge on any atom is 0.220 e. The first kappa shape index (κ1) is 24.7. The van der Waals surface area contributed by atoms with Gasteiger partial charge in [0.15, 0.2) is 5.96 Å². The lowest BCUT2D eigenvalue weighted by atomic mass is 9.85. The molecule has 1 saturated heterocycles. The summed E-state index contributed by atoms with van der Waals surface area (Å²) >= 11 is 0. The van der Waals surface area contributed by atoms with Gasteiger partial charge in [-0.2, -0.15) is 0 Å². The molecule has 1 fully saturated rings. The number of rotatable bonds is 6. The minimum absolute atomic E-state index is 0. The van der Waals surface area contributed by atoms with E-state index in [-0.39, 0.29) is 41.1 Å². The van der Waals surface area contributed by atoms with Gasteiger partial charge in [-0.15, -0.1) is 24.0 Å². The molecule has 0 aliphatic carbocycles. The zero-order chi connectivity index (χ0) is 19.9. The molecule has 7 heteroatoms. The number of carbonyl (C=O) groups excluding carboxylic acids is 1. The normalized spacial score (nSPS) is 15.8. The van der Waals surface area contributed by atoms with Gasteiger partial charge in [-0.1, -0.05) is 26.0 Å². The van der Waals surface area contributed by atoms with Crippen LogP contribution in [0.1, 0.15) is 45.6 Å². The summed E-state index contributed by atoms with van der Waals surface area (Å²) in [6.45, 7) is 9.41. The largest absolute Gasteiger partial charge is 0.359 e. The van der Waals surface area contributed by atoms with E-state index in [2.05, 4.69) is 36.3 Å². The van der Waals surface area contributed by atoms with Crippen molar-refractivity contribution in [3.05, 3.63) is 35.6 Å². The SMILES string of the molecule is CCNC(=NCC(C)(C)c1cccc(F)c1)N1CCC(CC(=O)NC)CC1.I. The molecule has 0 bridgehead atoms. The molecule has 0 radical (unpaired) electrons. The highest BCUT2D eigenvalue weighted by molar-refractivity contribution is 14.0. The van der Waals surface area contributed by atoms with Gasteiger partial charge < -0.3 is 15.5 Å². The van der Waals surface area contributed by atoms with Crippen molar-refractivity contribution in [1.29, 1.82) is 0 Å². The highest BCUT2D eigenvalue weighted by atomic mass is 127. The smallest absolute Gasteiger partial charge is 0.220 e. The Hall–Kier alpha value is -1.38. The van der Waals surface area contributed by atoms with E-state index in [0.29, 0.717) is 18.9 Å². The van der Waals surface area contributed by atoms with Gasteiger partial charge in [0.25, 0.3) is 0 Å². The Morgan fingerprint density at radius 1 is 1.32 bits per heavy atom. The van der Waals surface area contributed by atoms with Gasteiger partial charge in [0, 0.05) is 38.5 Å². The molecule has 158 valence electrons. The quantitative estimate of drug-likeness (QED) is 0.354. The number of likely N-dealkylation sites (tertiary alicyclic amines) is 1. The summed E-state index contributed by atoms with van der Waals surface area (Å²) in [4.78, 5) is 18.7. The molecule has 1 aliphatic heterocycles. The van der Waals surface area contributed by atoms with Crippen molar-refractivity contribution >= 4 is 35.8 Å². The lowest BCUT2D eigenvalue weighted by Gasteiger charge is -2.34. The van der Waals surface area contributed by atoms with Crippen molar-refractivity contribution in [3.63, 3.8) is 0 Å². The molecule has 5 nitrogen and oxygen atoms in total. The van der Waals surface area contributed by atoms with Crippen LogP contribution in [0.4, 0.5) is 4.39 Å².